The highest BCUT2D eigenvalue weighted by Gasteiger charge is 2.18. The molecule has 0 spiro atoms. The van der Waals surface area contributed by atoms with Crippen molar-refractivity contribution in [2.24, 2.45) is 0 Å². The maximum Gasteiger partial charge on any atom is 0.144 e. The molecular weight excluding hydrogens is 312 g/mol. The van der Waals surface area contributed by atoms with Crippen LogP contribution >= 0.6 is 23.2 Å². The van der Waals surface area contributed by atoms with E-state index in [1.165, 1.54) is 12.1 Å². The molecule has 0 N–H and O–H groups in total. The summed E-state index contributed by atoms with van der Waals surface area (Å²) >= 11 is 11.8. The van der Waals surface area contributed by atoms with Crippen molar-refractivity contribution in [3.63, 3.8) is 0 Å². The van der Waals surface area contributed by atoms with Crippen LogP contribution in [0.25, 0.3) is 11.0 Å². The summed E-state index contributed by atoms with van der Waals surface area (Å²) < 4.78 is 15.7. The molecule has 108 valence electrons. The van der Waals surface area contributed by atoms with Crippen LogP contribution in [0.4, 0.5) is 4.39 Å². The van der Waals surface area contributed by atoms with Crippen molar-refractivity contribution in [1.82, 2.24) is 14.5 Å². The van der Waals surface area contributed by atoms with Gasteiger partial charge in [0.15, 0.2) is 0 Å². The standard InChI is InChI=1S/C15H12Cl2FN3/c1-9(10-2-4-19-5-3-10)21-14-7-12(18)11(17)6-13(14)20-15(21)8-16/h2-7,9H,8H2,1H3. The third-order valence-electron chi connectivity index (χ3n) is 3.50. The van der Waals surface area contributed by atoms with Crippen LogP contribution in [-0.2, 0) is 5.88 Å². The number of pyridine rings is 1. The summed E-state index contributed by atoms with van der Waals surface area (Å²) in [5, 5.41) is 0.0600. The SMILES string of the molecule is CC(c1ccncc1)n1c(CCl)nc2cc(Cl)c(F)cc21. The largest absolute Gasteiger partial charge is 0.320 e. The predicted octanol–water partition coefficient (Wildman–Crippen LogP) is 4.57. The molecule has 0 amide bonds. The van der Waals surface area contributed by atoms with E-state index in [-0.39, 0.29) is 16.9 Å². The Balaban J connectivity index is 2.23. The molecule has 1 aromatic carbocycles. The average molecular weight is 324 g/mol. The first-order chi connectivity index (χ1) is 10.1. The van der Waals surface area contributed by atoms with Gasteiger partial charge < -0.3 is 4.57 Å². The lowest BCUT2D eigenvalue weighted by Gasteiger charge is -2.17. The Labute approximate surface area is 131 Å². The number of aromatic nitrogens is 3. The minimum atomic E-state index is -0.464. The van der Waals surface area contributed by atoms with Gasteiger partial charge in [0.25, 0.3) is 0 Å². The van der Waals surface area contributed by atoms with E-state index in [0.29, 0.717) is 16.9 Å². The summed E-state index contributed by atoms with van der Waals surface area (Å²) in [7, 11) is 0. The molecule has 0 aliphatic rings. The van der Waals surface area contributed by atoms with Crippen molar-refractivity contribution < 1.29 is 4.39 Å². The highest BCUT2D eigenvalue weighted by molar-refractivity contribution is 6.31. The second-order valence-electron chi connectivity index (χ2n) is 4.74. The van der Waals surface area contributed by atoms with Crippen LogP contribution in [0, 0.1) is 5.82 Å². The zero-order valence-corrected chi connectivity index (χ0v) is 12.7. The molecule has 3 aromatic rings. The molecule has 3 nitrogen and oxygen atoms in total. The number of halogens is 3. The second kappa shape index (κ2) is 5.62. The molecule has 0 fully saturated rings. The lowest BCUT2D eigenvalue weighted by Crippen LogP contribution is -2.10. The Morgan fingerprint density at radius 3 is 2.67 bits per heavy atom. The molecule has 2 aromatic heterocycles. The van der Waals surface area contributed by atoms with Crippen molar-refractivity contribution in [3.05, 3.63) is 58.9 Å². The summed E-state index contributed by atoms with van der Waals surface area (Å²) in [6.45, 7) is 2.01. The number of benzene rings is 1. The molecule has 1 atom stereocenters. The monoisotopic (exact) mass is 323 g/mol. The Hall–Kier alpha value is -1.65. The Kier molecular flexibility index (Phi) is 3.83. The number of imidazole rings is 1. The van der Waals surface area contributed by atoms with Crippen LogP contribution in [0.3, 0.4) is 0 Å². The summed E-state index contributed by atoms with van der Waals surface area (Å²) in [6, 6.07) is 6.73. The Morgan fingerprint density at radius 1 is 1.29 bits per heavy atom. The van der Waals surface area contributed by atoms with Gasteiger partial charge in [0.1, 0.15) is 11.6 Å². The van der Waals surface area contributed by atoms with Crippen molar-refractivity contribution >= 4 is 34.2 Å². The molecule has 0 aliphatic heterocycles. The van der Waals surface area contributed by atoms with Crippen molar-refractivity contribution in [2.75, 3.05) is 0 Å². The van der Waals surface area contributed by atoms with E-state index < -0.39 is 5.82 Å². The minimum Gasteiger partial charge on any atom is -0.320 e. The van der Waals surface area contributed by atoms with Gasteiger partial charge >= 0.3 is 0 Å². The van der Waals surface area contributed by atoms with E-state index in [0.717, 1.165) is 5.56 Å². The van der Waals surface area contributed by atoms with Crippen LogP contribution < -0.4 is 0 Å². The van der Waals surface area contributed by atoms with Gasteiger partial charge in [-0.15, -0.1) is 11.6 Å². The fraction of sp³-hybridized carbons (Fsp3) is 0.200. The van der Waals surface area contributed by atoms with E-state index >= 15 is 0 Å². The van der Waals surface area contributed by atoms with E-state index in [1.54, 1.807) is 12.4 Å². The van der Waals surface area contributed by atoms with Gasteiger partial charge in [-0.1, -0.05) is 11.6 Å². The van der Waals surface area contributed by atoms with Gasteiger partial charge in [0.05, 0.1) is 28.0 Å². The third kappa shape index (κ3) is 2.49. The second-order valence-corrected chi connectivity index (χ2v) is 5.42. The molecule has 0 radical (unpaired) electrons. The first-order valence-electron chi connectivity index (χ1n) is 6.43. The van der Waals surface area contributed by atoms with E-state index in [9.17, 15) is 4.39 Å². The number of fused-ring (bicyclic) bond motifs is 1. The smallest absolute Gasteiger partial charge is 0.144 e. The Bertz CT molecular complexity index is 786. The summed E-state index contributed by atoms with van der Waals surface area (Å²) in [5.74, 6) is 0.453. The number of rotatable bonds is 3. The van der Waals surface area contributed by atoms with E-state index in [1.807, 2.05) is 23.6 Å². The molecular formula is C15H12Cl2FN3. The van der Waals surface area contributed by atoms with Crippen LogP contribution in [-0.4, -0.2) is 14.5 Å². The molecule has 1 unspecified atom stereocenters. The van der Waals surface area contributed by atoms with Crippen molar-refractivity contribution in [3.8, 4) is 0 Å². The number of hydrogen-bond donors (Lipinski definition) is 0. The fourth-order valence-electron chi connectivity index (χ4n) is 2.46. The first-order valence-corrected chi connectivity index (χ1v) is 7.35. The molecule has 2 heterocycles. The van der Waals surface area contributed by atoms with Gasteiger partial charge in [-0.25, -0.2) is 9.37 Å². The molecule has 21 heavy (non-hydrogen) atoms. The van der Waals surface area contributed by atoms with Gasteiger partial charge in [-0.05, 0) is 30.7 Å². The van der Waals surface area contributed by atoms with Crippen molar-refractivity contribution in [2.45, 2.75) is 18.8 Å². The number of alkyl halides is 1. The average Bonchev–Trinajstić information content (AvgIpc) is 2.85. The zero-order valence-electron chi connectivity index (χ0n) is 11.2. The lowest BCUT2D eigenvalue weighted by atomic mass is 10.1. The summed E-state index contributed by atoms with van der Waals surface area (Å²) in [4.78, 5) is 8.46. The van der Waals surface area contributed by atoms with E-state index in [2.05, 4.69) is 9.97 Å². The predicted molar refractivity (Wildman–Crippen MR) is 82.3 cm³/mol. The zero-order chi connectivity index (χ0) is 15.0. The maximum absolute atomic E-state index is 13.8. The van der Waals surface area contributed by atoms with Gasteiger partial charge in [-0.3, -0.25) is 4.98 Å². The highest BCUT2D eigenvalue weighted by atomic mass is 35.5. The topological polar surface area (TPSA) is 30.7 Å². The number of hydrogen-bond acceptors (Lipinski definition) is 2. The summed E-state index contributed by atoms with van der Waals surface area (Å²) in [6.07, 6.45) is 3.45. The van der Waals surface area contributed by atoms with Gasteiger partial charge in [0.2, 0.25) is 0 Å². The van der Waals surface area contributed by atoms with E-state index in [4.69, 9.17) is 23.2 Å². The highest BCUT2D eigenvalue weighted by Crippen LogP contribution is 2.29. The normalized spacial score (nSPS) is 12.8. The minimum absolute atomic E-state index is 0.0349. The lowest BCUT2D eigenvalue weighted by molar-refractivity contribution is 0.618. The molecule has 0 saturated carbocycles. The maximum atomic E-state index is 13.8. The number of nitrogens with zero attached hydrogens (tertiary/aromatic N) is 3. The quantitative estimate of drug-likeness (QED) is 0.661. The van der Waals surface area contributed by atoms with Crippen LogP contribution in [0.15, 0.2) is 36.7 Å². The van der Waals surface area contributed by atoms with Crippen LogP contribution in [0.5, 0.6) is 0 Å². The van der Waals surface area contributed by atoms with Gasteiger partial charge in [-0.2, -0.15) is 0 Å². The summed E-state index contributed by atoms with van der Waals surface area (Å²) in [5.41, 5.74) is 2.36. The molecule has 0 aliphatic carbocycles. The fourth-order valence-corrected chi connectivity index (χ4v) is 2.80. The van der Waals surface area contributed by atoms with Crippen molar-refractivity contribution in [1.29, 1.82) is 0 Å². The first kappa shape index (κ1) is 14.3. The van der Waals surface area contributed by atoms with Gasteiger partial charge in [0, 0.05) is 18.5 Å². The van der Waals surface area contributed by atoms with Crippen LogP contribution in [0.2, 0.25) is 5.02 Å². The Morgan fingerprint density at radius 2 is 2.00 bits per heavy atom. The third-order valence-corrected chi connectivity index (χ3v) is 4.03. The molecule has 6 heteroatoms. The van der Waals surface area contributed by atoms with Crippen LogP contribution in [0.1, 0.15) is 24.4 Å². The molecule has 0 saturated heterocycles. The molecule has 0 bridgehead atoms. The molecule has 3 rings (SSSR count).